The van der Waals surface area contributed by atoms with Crippen LogP contribution in [-0.4, -0.2) is 92.4 Å². The minimum Gasteiger partial charge on any atom is -0.497 e. The summed E-state index contributed by atoms with van der Waals surface area (Å²) in [6.45, 7) is 5.58. The third kappa shape index (κ3) is 8.75. The Bertz CT molecular complexity index is 1230. The Balaban J connectivity index is 1.46. The van der Waals surface area contributed by atoms with Crippen molar-refractivity contribution in [1.82, 2.24) is 26.4 Å². The Morgan fingerprint density at radius 1 is 0.881 bits per heavy atom. The zero-order chi connectivity index (χ0) is 30.1. The lowest BCUT2D eigenvalue weighted by molar-refractivity contribution is -0.133. The van der Waals surface area contributed by atoms with Gasteiger partial charge in [-0.25, -0.2) is 9.80 Å². The molecule has 0 aromatic heterocycles. The topological polar surface area (TPSA) is 151 Å². The van der Waals surface area contributed by atoms with Gasteiger partial charge in [0.05, 0.1) is 33.0 Å². The molecule has 12 nitrogen and oxygen atoms in total. The van der Waals surface area contributed by atoms with Crippen molar-refractivity contribution in [3.63, 3.8) is 0 Å². The molecule has 4 amide bonds. The molecule has 2 heterocycles. The molecule has 226 valence electrons. The van der Waals surface area contributed by atoms with Gasteiger partial charge in [0.1, 0.15) is 23.4 Å². The second-order valence-electron chi connectivity index (χ2n) is 10.7. The first-order chi connectivity index (χ1) is 20.2. The highest BCUT2D eigenvalue weighted by Gasteiger charge is 2.50. The number of benzene rings is 2. The Kier molecular flexibility index (Phi) is 10.5. The van der Waals surface area contributed by atoms with E-state index in [4.69, 9.17) is 14.2 Å². The largest absolute Gasteiger partial charge is 0.497 e. The third-order valence-electron chi connectivity index (χ3n) is 7.26. The van der Waals surface area contributed by atoms with E-state index in [9.17, 15) is 19.2 Å². The fraction of sp³-hybridized carbons (Fsp3) is 0.467. The van der Waals surface area contributed by atoms with Crippen LogP contribution < -0.4 is 26.1 Å². The monoisotopic (exact) mass is 581 g/mol. The van der Waals surface area contributed by atoms with Crippen LogP contribution in [0.5, 0.6) is 5.75 Å². The lowest BCUT2D eigenvalue weighted by Gasteiger charge is -2.28. The van der Waals surface area contributed by atoms with Crippen LogP contribution in [0.15, 0.2) is 54.6 Å². The zero-order valence-corrected chi connectivity index (χ0v) is 24.2. The number of hydrogen-bond acceptors (Lipinski definition) is 8. The minimum absolute atomic E-state index is 0.147. The van der Waals surface area contributed by atoms with Crippen LogP contribution in [0.4, 0.5) is 4.79 Å². The van der Waals surface area contributed by atoms with Gasteiger partial charge in [-0.1, -0.05) is 42.5 Å². The summed E-state index contributed by atoms with van der Waals surface area (Å²) in [6.07, 6.45) is 0.418. The molecular weight excluding hydrogens is 542 g/mol. The summed E-state index contributed by atoms with van der Waals surface area (Å²) in [4.78, 5) is 52.7. The number of ketones is 1. The summed E-state index contributed by atoms with van der Waals surface area (Å²) in [6, 6.07) is 13.1. The third-order valence-corrected chi connectivity index (χ3v) is 7.26. The first kappa shape index (κ1) is 30.9. The number of rotatable bonds is 13. The maximum atomic E-state index is 13.7. The molecule has 0 unspecified atom stereocenters. The number of carbonyl (C=O) groups excluding carboxylic acids is 4. The molecule has 2 saturated heterocycles. The van der Waals surface area contributed by atoms with E-state index in [1.165, 1.54) is 6.92 Å². The summed E-state index contributed by atoms with van der Waals surface area (Å²) in [5.74, 6) is -0.657. The second kappa shape index (κ2) is 14.3. The summed E-state index contributed by atoms with van der Waals surface area (Å²) >= 11 is 0. The van der Waals surface area contributed by atoms with Crippen LogP contribution in [-0.2, 0) is 36.7 Å². The van der Waals surface area contributed by atoms with Gasteiger partial charge >= 0.3 is 6.03 Å². The number of nitrogens with zero attached hydrogens (tertiary/aromatic N) is 1. The number of amides is 4. The molecule has 0 saturated carbocycles. The Hall–Kier alpha value is -4.00. The number of epoxide rings is 1. The molecule has 12 heteroatoms. The van der Waals surface area contributed by atoms with E-state index in [1.54, 1.807) is 43.3 Å². The highest BCUT2D eigenvalue weighted by atomic mass is 16.6. The highest BCUT2D eigenvalue weighted by molar-refractivity contribution is 5.98. The molecular formula is C30H39N5O7. The van der Waals surface area contributed by atoms with E-state index in [0.29, 0.717) is 32.1 Å². The van der Waals surface area contributed by atoms with Crippen LogP contribution >= 0.6 is 0 Å². The second-order valence-corrected chi connectivity index (χ2v) is 10.7. The molecule has 4 N–H and O–H groups in total. The summed E-state index contributed by atoms with van der Waals surface area (Å²) in [5, 5.41) is 9.94. The molecule has 0 radical (unpaired) electrons. The zero-order valence-electron chi connectivity index (χ0n) is 24.2. The fourth-order valence-electron chi connectivity index (χ4n) is 4.57. The Morgan fingerprint density at radius 3 is 2.10 bits per heavy atom. The molecule has 2 aromatic carbocycles. The molecule has 0 spiro atoms. The van der Waals surface area contributed by atoms with Crippen molar-refractivity contribution in [3.8, 4) is 5.75 Å². The van der Waals surface area contributed by atoms with Gasteiger partial charge in [0.25, 0.3) is 0 Å². The molecule has 42 heavy (non-hydrogen) atoms. The first-order valence-electron chi connectivity index (χ1n) is 14.0. The average Bonchev–Trinajstić information content (AvgIpc) is 3.75. The lowest BCUT2D eigenvalue weighted by Crippen LogP contribution is -2.59. The van der Waals surface area contributed by atoms with Crippen molar-refractivity contribution in [3.05, 3.63) is 65.7 Å². The highest BCUT2D eigenvalue weighted by Crippen LogP contribution is 2.29. The van der Waals surface area contributed by atoms with Crippen LogP contribution in [0.2, 0.25) is 0 Å². The van der Waals surface area contributed by atoms with Gasteiger partial charge in [-0.15, -0.1) is 0 Å². The van der Waals surface area contributed by atoms with Gasteiger partial charge in [0.15, 0.2) is 5.78 Å². The number of Topliss-reactive ketones (excluding diaryl/α,β-unsaturated/α-hetero) is 1. The van der Waals surface area contributed by atoms with Gasteiger partial charge < -0.3 is 30.2 Å². The van der Waals surface area contributed by atoms with E-state index in [1.807, 2.05) is 30.3 Å². The maximum absolute atomic E-state index is 13.7. The van der Waals surface area contributed by atoms with Crippen LogP contribution in [0, 0.1) is 0 Å². The van der Waals surface area contributed by atoms with Crippen molar-refractivity contribution < 1.29 is 33.4 Å². The smallest absolute Gasteiger partial charge is 0.329 e. The average molecular weight is 582 g/mol. The van der Waals surface area contributed by atoms with Crippen molar-refractivity contribution in [2.24, 2.45) is 0 Å². The molecule has 2 aliphatic rings. The van der Waals surface area contributed by atoms with Crippen LogP contribution in [0.3, 0.4) is 0 Å². The van der Waals surface area contributed by atoms with Crippen LogP contribution in [0.25, 0.3) is 0 Å². The van der Waals surface area contributed by atoms with Gasteiger partial charge in [0, 0.05) is 19.5 Å². The molecule has 2 aliphatic heterocycles. The van der Waals surface area contributed by atoms with E-state index in [0.717, 1.165) is 11.1 Å². The normalized spacial score (nSPS) is 20.4. The standard InChI is InChI=1S/C30H39N5O7/c1-20(31-29(39)34-35-13-15-41-16-14-35)27(37)33-25(18-22-9-11-23(40-3)12-10-22)28(38)32-24(26(36)30(2)19-42-30)17-21-7-5-4-6-8-21/h4-12,20,24-25H,13-19H2,1-3H3,(H,32,38)(H,33,37)(H2,31,34,39)/t20-,24-,25-,30+/m0/s1. The molecule has 0 bridgehead atoms. The number of urea groups is 1. The molecule has 0 aliphatic carbocycles. The van der Waals surface area contributed by atoms with Gasteiger partial charge in [-0.2, -0.15) is 0 Å². The number of morpholine rings is 1. The number of hydrogen-bond donors (Lipinski definition) is 4. The van der Waals surface area contributed by atoms with E-state index < -0.39 is 41.6 Å². The van der Waals surface area contributed by atoms with Crippen molar-refractivity contribution in [2.75, 3.05) is 40.0 Å². The van der Waals surface area contributed by atoms with Crippen molar-refractivity contribution in [1.29, 1.82) is 0 Å². The lowest BCUT2D eigenvalue weighted by atomic mass is 9.94. The predicted molar refractivity (Wildman–Crippen MR) is 154 cm³/mol. The molecule has 2 fully saturated rings. The summed E-state index contributed by atoms with van der Waals surface area (Å²) in [7, 11) is 1.56. The van der Waals surface area contributed by atoms with Crippen molar-refractivity contribution in [2.45, 2.75) is 50.4 Å². The molecule has 4 atom stereocenters. The summed E-state index contributed by atoms with van der Waals surface area (Å²) in [5.41, 5.74) is 3.39. The van der Waals surface area contributed by atoms with E-state index in [-0.39, 0.29) is 25.2 Å². The number of nitrogens with one attached hydrogen (secondary N) is 4. The van der Waals surface area contributed by atoms with Crippen molar-refractivity contribution >= 4 is 23.6 Å². The quantitative estimate of drug-likeness (QED) is 0.253. The van der Waals surface area contributed by atoms with E-state index >= 15 is 0 Å². The number of hydrazine groups is 1. The number of carbonyl (C=O) groups is 4. The predicted octanol–water partition coefficient (Wildman–Crippen LogP) is 0.743. The number of ether oxygens (including phenoxy) is 3. The van der Waals surface area contributed by atoms with Gasteiger partial charge in [-0.05, 0) is 43.5 Å². The fourth-order valence-corrected chi connectivity index (χ4v) is 4.57. The molecule has 4 rings (SSSR count). The molecule has 2 aromatic rings. The van der Waals surface area contributed by atoms with Gasteiger partial charge in [0.2, 0.25) is 11.8 Å². The SMILES string of the molecule is COc1ccc(C[C@H](NC(=O)[C@H](C)NC(=O)NN2CCOCC2)C(=O)N[C@@H](Cc2ccccc2)C(=O)[C@@]2(C)CO2)cc1. The Morgan fingerprint density at radius 2 is 1.48 bits per heavy atom. The first-order valence-corrected chi connectivity index (χ1v) is 14.0. The Labute approximate surface area is 245 Å². The minimum atomic E-state index is -1.03. The maximum Gasteiger partial charge on any atom is 0.329 e. The van der Waals surface area contributed by atoms with E-state index in [2.05, 4.69) is 21.4 Å². The number of methoxy groups -OCH3 is 1. The van der Waals surface area contributed by atoms with Crippen LogP contribution in [0.1, 0.15) is 25.0 Å². The summed E-state index contributed by atoms with van der Waals surface area (Å²) < 4.78 is 15.9. The van der Waals surface area contributed by atoms with Gasteiger partial charge in [-0.3, -0.25) is 19.8 Å².